The van der Waals surface area contributed by atoms with Crippen LogP contribution in [-0.4, -0.2) is 48.9 Å². The van der Waals surface area contributed by atoms with E-state index in [1.807, 2.05) is 17.5 Å². The van der Waals surface area contributed by atoms with Crippen LogP contribution in [0, 0.1) is 5.92 Å². The summed E-state index contributed by atoms with van der Waals surface area (Å²) in [5.74, 6) is 0.542. The number of carbonyl (C=O) groups is 2. The van der Waals surface area contributed by atoms with Gasteiger partial charge in [-0.15, -0.1) is 11.3 Å². The van der Waals surface area contributed by atoms with E-state index in [1.54, 1.807) is 4.90 Å². The first-order valence-corrected chi connectivity index (χ1v) is 8.46. The molecule has 0 bridgehead atoms. The summed E-state index contributed by atoms with van der Waals surface area (Å²) in [4.78, 5) is 27.4. The number of rotatable bonds is 4. The molecule has 0 aliphatic carbocycles. The van der Waals surface area contributed by atoms with Gasteiger partial charge < -0.3 is 15.5 Å². The van der Waals surface area contributed by atoms with Gasteiger partial charge in [-0.2, -0.15) is 0 Å². The number of hydrogen-bond acceptors (Lipinski definition) is 4. The van der Waals surface area contributed by atoms with Crippen molar-refractivity contribution in [3.63, 3.8) is 0 Å². The molecule has 21 heavy (non-hydrogen) atoms. The van der Waals surface area contributed by atoms with Gasteiger partial charge in [-0.05, 0) is 30.7 Å². The Balaban J connectivity index is 1.62. The first-order chi connectivity index (χ1) is 10.3. The van der Waals surface area contributed by atoms with Crippen molar-refractivity contribution in [2.75, 3.05) is 26.2 Å². The van der Waals surface area contributed by atoms with Crippen molar-refractivity contribution in [2.24, 2.45) is 5.92 Å². The van der Waals surface area contributed by atoms with Gasteiger partial charge in [-0.1, -0.05) is 6.07 Å². The minimum absolute atomic E-state index is 0.00448. The van der Waals surface area contributed by atoms with E-state index in [0.29, 0.717) is 19.0 Å². The molecule has 5 nitrogen and oxygen atoms in total. The molecular formula is C15H21N3O2S. The predicted molar refractivity (Wildman–Crippen MR) is 82.4 cm³/mol. The number of amides is 2. The molecule has 1 aromatic rings. The maximum atomic E-state index is 12.5. The maximum Gasteiger partial charge on any atom is 0.264 e. The van der Waals surface area contributed by atoms with Crippen LogP contribution in [-0.2, 0) is 4.79 Å². The minimum atomic E-state index is -0.304. The molecule has 1 unspecified atom stereocenters. The Kier molecular flexibility index (Phi) is 4.55. The Morgan fingerprint density at radius 3 is 2.90 bits per heavy atom. The van der Waals surface area contributed by atoms with Gasteiger partial charge in [-0.3, -0.25) is 9.59 Å². The van der Waals surface area contributed by atoms with E-state index in [2.05, 4.69) is 10.6 Å². The van der Waals surface area contributed by atoms with E-state index in [4.69, 9.17) is 0 Å². The van der Waals surface area contributed by atoms with Gasteiger partial charge in [0.25, 0.3) is 5.91 Å². The molecule has 2 aliphatic heterocycles. The van der Waals surface area contributed by atoms with Gasteiger partial charge in [0.2, 0.25) is 5.91 Å². The van der Waals surface area contributed by atoms with Crippen LogP contribution in [0.4, 0.5) is 0 Å². The number of nitrogens with zero attached hydrogens (tertiary/aromatic N) is 1. The minimum Gasteiger partial charge on any atom is -0.354 e. The molecule has 2 N–H and O–H groups in total. The molecule has 3 heterocycles. The van der Waals surface area contributed by atoms with E-state index >= 15 is 0 Å². The fourth-order valence-corrected chi connectivity index (χ4v) is 3.52. The van der Waals surface area contributed by atoms with Crippen molar-refractivity contribution in [1.82, 2.24) is 15.5 Å². The van der Waals surface area contributed by atoms with Crippen molar-refractivity contribution < 1.29 is 9.59 Å². The monoisotopic (exact) mass is 307 g/mol. The van der Waals surface area contributed by atoms with Gasteiger partial charge in [0.05, 0.1) is 4.88 Å². The second kappa shape index (κ2) is 6.58. The number of likely N-dealkylation sites (tertiary alicyclic amines) is 1. The van der Waals surface area contributed by atoms with E-state index in [9.17, 15) is 9.59 Å². The average molecular weight is 307 g/mol. The third-order valence-corrected chi connectivity index (χ3v) is 5.09. The molecule has 0 spiro atoms. The summed E-state index contributed by atoms with van der Waals surface area (Å²) in [5, 5.41) is 8.11. The summed E-state index contributed by atoms with van der Waals surface area (Å²) in [5.41, 5.74) is 0. The number of nitrogens with one attached hydrogen (secondary N) is 2. The molecule has 1 atom stereocenters. The van der Waals surface area contributed by atoms with Crippen molar-refractivity contribution in [1.29, 1.82) is 0 Å². The molecule has 6 heteroatoms. The van der Waals surface area contributed by atoms with Crippen LogP contribution in [0.1, 0.15) is 28.9 Å². The molecule has 2 amide bonds. The SMILES string of the molecule is O=C(NCC1CNC1)C1CCCCN1C(=O)c1cccs1. The first kappa shape index (κ1) is 14.5. The molecule has 0 saturated carbocycles. The van der Waals surface area contributed by atoms with Crippen LogP contribution in [0.5, 0.6) is 0 Å². The Morgan fingerprint density at radius 1 is 1.38 bits per heavy atom. The zero-order valence-electron chi connectivity index (χ0n) is 12.0. The summed E-state index contributed by atoms with van der Waals surface area (Å²) in [7, 11) is 0. The highest BCUT2D eigenvalue weighted by Crippen LogP contribution is 2.22. The third-order valence-electron chi connectivity index (χ3n) is 4.23. The highest BCUT2D eigenvalue weighted by atomic mass is 32.1. The molecule has 2 saturated heterocycles. The summed E-state index contributed by atoms with van der Waals surface area (Å²) >= 11 is 1.44. The Bertz CT molecular complexity index is 499. The lowest BCUT2D eigenvalue weighted by Gasteiger charge is -2.35. The molecular weight excluding hydrogens is 286 g/mol. The molecule has 0 radical (unpaired) electrons. The van der Waals surface area contributed by atoms with Gasteiger partial charge in [0, 0.05) is 32.1 Å². The van der Waals surface area contributed by atoms with Crippen LogP contribution in [0.3, 0.4) is 0 Å². The lowest BCUT2D eigenvalue weighted by molar-refractivity contribution is -0.126. The van der Waals surface area contributed by atoms with Gasteiger partial charge >= 0.3 is 0 Å². The quantitative estimate of drug-likeness (QED) is 0.875. The van der Waals surface area contributed by atoms with Gasteiger partial charge in [0.15, 0.2) is 0 Å². The zero-order chi connectivity index (χ0) is 14.7. The van der Waals surface area contributed by atoms with Crippen molar-refractivity contribution >= 4 is 23.2 Å². The third kappa shape index (κ3) is 3.27. The number of piperidine rings is 1. The average Bonchev–Trinajstić information content (AvgIpc) is 2.99. The second-order valence-electron chi connectivity index (χ2n) is 5.76. The van der Waals surface area contributed by atoms with E-state index in [1.165, 1.54) is 11.3 Å². The topological polar surface area (TPSA) is 61.4 Å². The number of hydrogen-bond donors (Lipinski definition) is 2. The van der Waals surface area contributed by atoms with Crippen LogP contribution >= 0.6 is 11.3 Å². The lowest BCUT2D eigenvalue weighted by Crippen LogP contribution is -2.54. The van der Waals surface area contributed by atoms with Gasteiger partial charge in [0.1, 0.15) is 6.04 Å². The molecule has 1 aromatic heterocycles. The molecule has 2 fully saturated rings. The number of thiophene rings is 1. The van der Waals surface area contributed by atoms with Crippen LogP contribution in [0.2, 0.25) is 0 Å². The normalized spacial score (nSPS) is 22.7. The van der Waals surface area contributed by atoms with E-state index in [-0.39, 0.29) is 17.9 Å². The molecule has 0 aromatic carbocycles. The van der Waals surface area contributed by atoms with Crippen LogP contribution in [0.15, 0.2) is 17.5 Å². The molecule has 3 rings (SSSR count). The molecule has 2 aliphatic rings. The van der Waals surface area contributed by atoms with Crippen LogP contribution < -0.4 is 10.6 Å². The smallest absolute Gasteiger partial charge is 0.264 e. The van der Waals surface area contributed by atoms with Crippen molar-refractivity contribution in [3.05, 3.63) is 22.4 Å². The largest absolute Gasteiger partial charge is 0.354 e. The fourth-order valence-electron chi connectivity index (χ4n) is 2.84. The fraction of sp³-hybridized carbons (Fsp3) is 0.600. The maximum absolute atomic E-state index is 12.5. The predicted octanol–water partition coefficient (Wildman–Crippen LogP) is 1.08. The van der Waals surface area contributed by atoms with Crippen molar-refractivity contribution in [3.8, 4) is 0 Å². The highest BCUT2D eigenvalue weighted by Gasteiger charge is 2.33. The van der Waals surface area contributed by atoms with Crippen molar-refractivity contribution in [2.45, 2.75) is 25.3 Å². The number of carbonyl (C=O) groups excluding carboxylic acids is 2. The first-order valence-electron chi connectivity index (χ1n) is 7.58. The standard InChI is InChI=1S/C15H21N3O2S/c19-14(17-10-11-8-16-9-11)12-4-1-2-6-18(12)15(20)13-5-3-7-21-13/h3,5,7,11-12,16H,1-2,4,6,8-10H2,(H,17,19). The van der Waals surface area contributed by atoms with Gasteiger partial charge in [-0.25, -0.2) is 0 Å². The highest BCUT2D eigenvalue weighted by molar-refractivity contribution is 7.12. The summed E-state index contributed by atoms with van der Waals surface area (Å²) in [6, 6.07) is 3.40. The lowest BCUT2D eigenvalue weighted by atomic mass is 9.99. The van der Waals surface area contributed by atoms with E-state index < -0.39 is 0 Å². The summed E-state index contributed by atoms with van der Waals surface area (Å²) < 4.78 is 0. The Labute approximate surface area is 128 Å². The zero-order valence-corrected chi connectivity index (χ0v) is 12.8. The Hall–Kier alpha value is -1.40. The van der Waals surface area contributed by atoms with E-state index in [0.717, 1.165) is 37.2 Å². The Morgan fingerprint density at radius 2 is 2.24 bits per heavy atom. The van der Waals surface area contributed by atoms with Crippen LogP contribution in [0.25, 0.3) is 0 Å². The summed E-state index contributed by atoms with van der Waals surface area (Å²) in [6.45, 7) is 3.34. The summed E-state index contributed by atoms with van der Waals surface area (Å²) in [6.07, 6.45) is 2.76. The molecule has 114 valence electrons. The second-order valence-corrected chi connectivity index (χ2v) is 6.70.